The molecule has 0 bridgehead atoms. The summed E-state index contributed by atoms with van der Waals surface area (Å²) in [6.07, 6.45) is 8.20. The van der Waals surface area contributed by atoms with Crippen LogP contribution in [0.4, 0.5) is 5.13 Å². The van der Waals surface area contributed by atoms with E-state index in [4.69, 9.17) is 4.98 Å². The number of thiazole rings is 1. The summed E-state index contributed by atoms with van der Waals surface area (Å²) in [5, 5.41) is 4.89. The van der Waals surface area contributed by atoms with E-state index in [0.717, 1.165) is 18.5 Å². The van der Waals surface area contributed by atoms with E-state index < -0.39 is 0 Å². The largest absolute Gasteiger partial charge is 0.354 e. The lowest BCUT2D eigenvalue weighted by Gasteiger charge is -2.11. The summed E-state index contributed by atoms with van der Waals surface area (Å²) in [6.45, 7) is 1.03. The summed E-state index contributed by atoms with van der Waals surface area (Å²) in [7, 11) is 4.17. The third-order valence-corrected chi connectivity index (χ3v) is 5.21. The first-order chi connectivity index (χ1) is 8.74. The van der Waals surface area contributed by atoms with Crippen molar-refractivity contribution < 1.29 is 0 Å². The quantitative estimate of drug-likeness (QED) is 0.886. The summed E-state index contributed by atoms with van der Waals surface area (Å²) < 4.78 is 0. The number of hydrogen-bond acceptors (Lipinski definition) is 4. The summed E-state index contributed by atoms with van der Waals surface area (Å²) in [5.74, 6) is 0.760. The van der Waals surface area contributed by atoms with E-state index in [1.54, 1.807) is 0 Å². The van der Waals surface area contributed by atoms with Crippen molar-refractivity contribution in [3.8, 4) is 0 Å². The molecule has 2 fully saturated rings. The van der Waals surface area contributed by atoms with Crippen molar-refractivity contribution in [3.05, 3.63) is 10.6 Å². The van der Waals surface area contributed by atoms with Gasteiger partial charge >= 0.3 is 0 Å². The van der Waals surface area contributed by atoms with Gasteiger partial charge < -0.3 is 10.2 Å². The first kappa shape index (κ1) is 12.4. The van der Waals surface area contributed by atoms with Gasteiger partial charge in [0.2, 0.25) is 0 Å². The van der Waals surface area contributed by atoms with Gasteiger partial charge in [0.1, 0.15) is 0 Å². The van der Waals surface area contributed by atoms with Crippen molar-refractivity contribution in [2.45, 2.75) is 57.0 Å². The van der Waals surface area contributed by atoms with Gasteiger partial charge in [0.15, 0.2) is 5.13 Å². The third-order valence-electron chi connectivity index (χ3n) is 3.97. The van der Waals surface area contributed by atoms with Crippen molar-refractivity contribution >= 4 is 16.5 Å². The fourth-order valence-electron chi connectivity index (χ4n) is 2.71. The van der Waals surface area contributed by atoms with Crippen LogP contribution in [-0.4, -0.2) is 25.1 Å². The molecule has 0 atom stereocenters. The van der Waals surface area contributed by atoms with Gasteiger partial charge in [0.25, 0.3) is 0 Å². The molecule has 2 aliphatic rings. The molecule has 3 rings (SSSR count). The van der Waals surface area contributed by atoms with E-state index in [-0.39, 0.29) is 0 Å². The lowest BCUT2D eigenvalue weighted by Crippen LogP contribution is -2.25. The Bertz CT molecular complexity index is 403. The van der Waals surface area contributed by atoms with Crippen molar-refractivity contribution in [3.63, 3.8) is 0 Å². The highest BCUT2D eigenvalue weighted by Crippen LogP contribution is 2.44. The summed E-state index contributed by atoms with van der Waals surface area (Å²) in [6, 6.07) is 0.752. The number of anilines is 1. The van der Waals surface area contributed by atoms with E-state index in [1.165, 1.54) is 54.2 Å². The Morgan fingerprint density at radius 1 is 1.22 bits per heavy atom. The second-order valence-corrected chi connectivity index (χ2v) is 6.90. The van der Waals surface area contributed by atoms with Gasteiger partial charge in [-0.3, -0.25) is 0 Å². The van der Waals surface area contributed by atoms with Crippen molar-refractivity contribution in [2.75, 3.05) is 19.0 Å². The fourth-order valence-corrected chi connectivity index (χ4v) is 3.73. The van der Waals surface area contributed by atoms with E-state index >= 15 is 0 Å². The van der Waals surface area contributed by atoms with Crippen LogP contribution in [-0.2, 0) is 6.54 Å². The van der Waals surface area contributed by atoms with Gasteiger partial charge in [-0.2, -0.15) is 0 Å². The molecule has 0 aromatic carbocycles. The zero-order valence-corrected chi connectivity index (χ0v) is 12.2. The van der Waals surface area contributed by atoms with Gasteiger partial charge in [-0.15, -0.1) is 11.3 Å². The molecule has 4 heteroatoms. The van der Waals surface area contributed by atoms with Crippen LogP contribution in [0.2, 0.25) is 0 Å². The monoisotopic (exact) mass is 265 g/mol. The molecule has 0 unspecified atom stereocenters. The summed E-state index contributed by atoms with van der Waals surface area (Å²) >= 11 is 1.87. The highest BCUT2D eigenvalue weighted by molar-refractivity contribution is 7.15. The molecular weight excluding hydrogens is 242 g/mol. The normalized spacial score (nSPS) is 20.6. The van der Waals surface area contributed by atoms with Crippen molar-refractivity contribution in [1.29, 1.82) is 0 Å². The van der Waals surface area contributed by atoms with Crippen molar-refractivity contribution in [2.24, 2.45) is 0 Å². The molecule has 1 aromatic rings. The van der Waals surface area contributed by atoms with Gasteiger partial charge in [-0.1, -0.05) is 12.8 Å². The molecule has 0 aliphatic heterocycles. The van der Waals surface area contributed by atoms with E-state index in [9.17, 15) is 0 Å². The Kier molecular flexibility index (Phi) is 3.57. The highest BCUT2D eigenvalue weighted by Gasteiger charge is 2.30. The first-order valence-electron chi connectivity index (χ1n) is 7.14. The van der Waals surface area contributed by atoms with Gasteiger partial charge in [-0.25, -0.2) is 4.98 Å². The van der Waals surface area contributed by atoms with Crippen LogP contribution < -0.4 is 10.2 Å². The Balaban J connectivity index is 1.68. The Morgan fingerprint density at radius 2 is 1.94 bits per heavy atom. The van der Waals surface area contributed by atoms with Gasteiger partial charge in [0.05, 0.1) is 5.69 Å². The molecule has 1 heterocycles. The zero-order chi connectivity index (χ0) is 12.5. The van der Waals surface area contributed by atoms with Crippen LogP contribution in [0.25, 0.3) is 0 Å². The third kappa shape index (κ3) is 2.69. The second-order valence-electron chi connectivity index (χ2n) is 5.84. The van der Waals surface area contributed by atoms with Crippen LogP contribution in [0.1, 0.15) is 55.0 Å². The fraction of sp³-hybridized carbons (Fsp3) is 0.786. The Morgan fingerprint density at radius 3 is 2.56 bits per heavy atom. The Labute approximate surface area is 114 Å². The van der Waals surface area contributed by atoms with E-state index in [2.05, 4.69) is 24.3 Å². The van der Waals surface area contributed by atoms with Gasteiger partial charge in [0, 0.05) is 37.5 Å². The molecule has 0 radical (unpaired) electrons. The van der Waals surface area contributed by atoms with Crippen LogP contribution in [0.5, 0.6) is 0 Å². The summed E-state index contributed by atoms with van der Waals surface area (Å²) in [5.41, 5.74) is 1.38. The number of nitrogens with one attached hydrogen (secondary N) is 1. The zero-order valence-electron chi connectivity index (χ0n) is 11.4. The maximum Gasteiger partial charge on any atom is 0.185 e. The number of aromatic nitrogens is 1. The topological polar surface area (TPSA) is 28.2 Å². The Hall–Kier alpha value is -0.610. The molecule has 0 saturated heterocycles. The molecule has 2 saturated carbocycles. The standard InChI is InChI=1S/C14H23N3S/c1-17(2)14-16-13(10-7-8-10)12(18-14)9-15-11-5-3-4-6-11/h10-11,15H,3-9H2,1-2H3. The van der Waals surface area contributed by atoms with Crippen LogP contribution in [0, 0.1) is 0 Å². The minimum atomic E-state index is 0.752. The van der Waals surface area contributed by atoms with Gasteiger partial charge in [-0.05, 0) is 25.7 Å². The average molecular weight is 265 g/mol. The minimum Gasteiger partial charge on any atom is -0.354 e. The van der Waals surface area contributed by atoms with E-state index in [1.807, 2.05) is 11.3 Å². The SMILES string of the molecule is CN(C)c1nc(C2CC2)c(CNC2CCCC2)s1. The average Bonchev–Trinajstić information content (AvgIpc) is 2.91. The number of rotatable bonds is 5. The summed E-state index contributed by atoms with van der Waals surface area (Å²) in [4.78, 5) is 8.44. The second kappa shape index (κ2) is 5.17. The molecule has 1 aromatic heterocycles. The molecule has 3 nitrogen and oxygen atoms in total. The van der Waals surface area contributed by atoms with Crippen LogP contribution in [0.3, 0.4) is 0 Å². The highest BCUT2D eigenvalue weighted by atomic mass is 32.1. The van der Waals surface area contributed by atoms with E-state index in [0.29, 0.717) is 0 Å². The first-order valence-corrected chi connectivity index (χ1v) is 7.96. The number of nitrogens with zero attached hydrogens (tertiary/aromatic N) is 2. The number of hydrogen-bond donors (Lipinski definition) is 1. The minimum absolute atomic E-state index is 0.752. The smallest absolute Gasteiger partial charge is 0.185 e. The maximum atomic E-state index is 4.82. The molecule has 100 valence electrons. The molecule has 18 heavy (non-hydrogen) atoms. The maximum absolute atomic E-state index is 4.82. The lowest BCUT2D eigenvalue weighted by atomic mass is 10.2. The van der Waals surface area contributed by atoms with Crippen LogP contribution in [0.15, 0.2) is 0 Å². The van der Waals surface area contributed by atoms with Crippen molar-refractivity contribution in [1.82, 2.24) is 10.3 Å². The predicted molar refractivity (Wildman–Crippen MR) is 77.5 cm³/mol. The molecule has 0 spiro atoms. The molecular formula is C14H23N3S. The van der Waals surface area contributed by atoms with Crippen LogP contribution >= 0.6 is 11.3 Å². The lowest BCUT2D eigenvalue weighted by molar-refractivity contribution is 0.525. The predicted octanol–water partition coefficient (Wildman–Crippen LogP) is 3.12. The molecule has 1 N–H and O–H groups in total. The molecule has 2 aliphatic carbocycles. The molecule has 0 amide bonds.